The summed E-state index contributed by atoms with van der Waals surface area (Å²) in [6, 6.07) is 0. The number of carbonyl (C=O) groups is 1. The molecule has 0 radical (unpaired) electrons. The highest BCUT2D eigenvalue weighted by Crippen LogP contribution is 2.33. The molecule has 2 heteroatoms. The van der Waals surface area contributed by atoms with E-state index in [0.717, 1.165) is 35.9 Å². The Hall–Kier alpha value is -1.31. The maximum Gasteiger partial charge on any atom is 0.150 e. The number of rotatable bonds is 1. The van der Waals surface area contributed by atoms with E-state index >= 15 is 0 Å². The zero-order valence-corrected chi connectivity index (χ0v) is 8.90. The van der Waals surface area contributed by atoms with Crippen LogP contribution in [-0.4, -0.2) is 12.8 Å². The minimum absolute atomic E-state index is 0.880. The van der Waals surface area contributed by atoms with Crippen molar-refractivity contribution in [2.45, 2.75) is 27.2 Å². The minimum Gasteiger partial charge on any atom is -0.384 e. The van der Waals surface area contributed by atoms with Crippen molar-refractivity contribution in [2.75, 3.05) is 11.9 Å². The third kappa shape index (κ3) is 1.07. The second-order valence-electron chi connectivity index (χ2n) is 3.94. The average molecular weight is 189 g/mol. The quantitative estimate of drug-likeness (QED) is 0.687. The van der Waals surface area contributed by atoms with Gasteiger partial charge in [0.15, 0.2) is 6.29 Å². The van der Waals surface area contributed by atoms with E-state index in [9.17, 15) is 4.79 Å². The molecule has 2 rings (SSSR count). The van der Waals surface area contributed by atoms with E-state index in [4.69, 9.17) is 0 Å². The third-order valence-electron chi connectivity index (χ3n) is 3.29. The summed E-state index contributed by atoms with van der Waals surface area (Å²) in [5, 5.41) is 3.39. The molecule has 0 aromatic heterocycles. The Morgan fingerprint density at radius 2 is 1.86 bits per heavy atom. The lowest BCUT2D eigenvalue weighted by Crippen LogP contribution is -2.00. The molecular formula is C12H15NO. The van der Waals surface area contributed by atoms with E-state index < -0.39 is 0 Å². The van der Waals surface area contributed by atoms with Crippen LogP contribution in [0.1, 0.15) is 32.6 Å². The van der Waals surface area contributed by atoms with E-state index in [1.807, 2.05) is 13.8 Å². The Balaban J connectivity index is 2.79. The van der Waals surface area contributed by atoms with Crippen LogP contribution in [0.25, 0.3) is 0 Å². The Labute approximate surface area is 84.3 Å². The highest BCUT2D eigenvalue weighted by molar-refractivity contribution is 5.84. The van der Waals surface area contributed by atoms with E-state index in [2.05, 4.69) is 12.2 Å². The standard InChI is InChI=1S/C12H15NO/c1-7-8(2)12-10(4-5-13-12)9(3)11(7)6-14/h6,13H,4-5H2,1-3H3. The van der Waals surface area contributed by atoms with Gasteiger partial charge in [-0.15, -0.1) is 0 Å². The van der Waals surface area contributed by atoms with Gasteiger partial charge < -0.3 is 5.32 Å². The molecule has 0 aliphatic carbocycles. The number of hydrogen-bond donors (Lipinski definition) is 1. The predicted molar refractivity (Wildman–Crippen MR) is 58.2 cm³/mol. The number of aldehydes is 1. The maximum atomic E-state index is 11.0. The Morgan fingerprint density at radius 3 is 2.50 bits per heavy atom. The van der Waals surface area contributed by atoms with Crippen molar-refractivity contribution in [2.24, 2.45) is 0 Å². The van der Waals surface area contributed by atoms with Gasteiger partial charge in [-0.1, -0.05) is 0 Å². The van der Waals surface area contributed by atoms with Crippen LogP contribution in [-0.2, 0) is 6.42 Å². The first-order chi connectivity index (χ1) is 6.66. The molecule has 1 aliphatic heterocycles. The van der Waals surface area contributed by atoms with E-state index in [1.165, 1.54) is 16.8 Å². The predicted octanol–water partition coefficient (Wildman–Crippen LogP) is 2.39. The van der Waals surface area contributed by atoms with Gasteiger partial charge in [-0.05, 0) is 49.4 Å². The molecule has 0 bridgehead atoms. The van der Waals surface area contributed by atoms with Gasteiger partial charge in [0.05, 0.1) is 0 Å². The molecular weight excluding hydrogens is 174 g/mol. The first-order valence-electron chi connectivity index (χ1n) is 4.98. The highest BCUT2D eigenvalue weighted by Gasteiger charge is 2.19. The molecule has 0 fully saturated rings. The van der Waals surface area contributed by atoms with Gasteiger partial charge >= 0.3 is 0 Å². The smallest absolute Gasteiger partial charge is 0.150 e. The van der Waals surface area contributed by atoms with Crippen LogP contribution in [0.15, 0.2) is 0 Å². The summed E-state index contributed by atoms with van der Waals surface area (Å²) < 4.78 is 0. The zero-order valence-electron chi connectivity index (χ0n) is 8.90. The highest BCUT2D eigenvalue weighted by atomic mass is 16.1. The van der Waals surface area contributed by atoms with Gasteiger partial charge in [-0.3, -0.25) is 4.79 Å². The number of anilines is 1. The SMILES string of the molecule is Cc1c(C)c2c(c(C)c1C=O)CCN2. The molecule has 2 nitrogen and oxygen atoms in total. The van der Waals surface area contributed by atoms with Crippen LogP contribution in [0.4, 0.5) is 5.69 Å². The molecule has 1 N–H and O–H groups in total. The van der Waals surface area contributed by atoms with Crippen molar-refractivity contribution < 1.29 is 4.79 Å². The summed E-state index contributed by atoms with van der Waals surface area (Å²) in [6.07, 6.45) is 2.03. The van der Waals surface area contributed by atoms with Crippen LogP contribution in [0, 0.1) is 20.8 Å². The Bertz CT molecular complexity index is 408. The van der Waals surface area contributed by atoms with Gasteiger partial charge in [0.25, 0.3) is 0 Å². The van der Waals surface area contributed by atoms with Crippen LogP contribution in [0.3, 0.4) is 0 Å². The summed E-state index contributed by atoms with van der Waals surface area (Å²) in [4.78, 5) is 11.0. The Morgan fingerprint density at radius 1 is 1.14 bits per heavy atom. The normalized spacial score (nSPS) is 13.6. The van der Waals surface area contributed by atoms with Crippen LogP contribution < -0.4 is 5.32 Å². The number of hydrogen-bond acceptors (Lipinski definition) is 2. The van der Waals surface area contributed by atoms with Crippen LogP contribution >= 0.6 is 0 Å². The summed E-state index contributed by atoms with van der Waals surface area (Å²) in [7, 11) is 0. The van der Waals surface area contributed by atoms with E-state index in [1.54, 1.807) is 0 Å². The van der Waals surface area contributed by atoms with Crippen molar-refractivity contribution in [3.05, 3.63) is 27.8 Å². The molecule has 14 heavy (non-hydrogen) atoms. The molecule has 0 saturated heterocycles. The largest absolute Gasteiger partial charge is 0.384 e. The third-order valence-corrected chi connectivity index (χ3v) is 3.29. The second kappa shape index (κ2) is 3.12. The van der Waals surface area contributed by atoms with Crippen molar-refractivity contribution in [1.82, 2.24) is 0 Å². The summed E-state index contributed by atoms with van der Waals surface area (Å²) in [5.41, 5.74) is 6.96. The number of fused-ring (bicyclic) bond motifs is 1. The van der Waals surface area contributed by atoms with Crippen molar-refractivity contribution in [3.63, 3.8) is 0 Å². The van der Waals surface area contributed by atoms with E-state index in [0.29, 0.717) is 0 Å². The number of nitrogens with one attached hydrogen (secondary N) is 1. The molecule has 1 aromatic rings. The Kier molecular flexibility index (Phi) is 2.06. The van der Waals surface area contributed by atoms with Gasteiger partial charge in [0.1, 0.15) is 0 Å². The first kappa shape index (κ1) is 9.25. The molecule has 0 amide bonds. The fourth-order valence-corrected chi connectivity index (χ4v) is 2.29. The van der Waals surface area contributed by atoms with Crippen LogP contribution in [0.2, 0.25) is 0 Å². The van der Waals surface area contributed by atoms with E-state index in [-0.39, 0.29) is 0 Å². The first-order valence-corrected chi connectivity index (χ1v) is 4.98. The lowest BCUT2D eigenvalue weighted by molar-refractivity contribution is 0.112. The lowest BCUT2D eigenvalue weighted by Gasteiger charge is -2.14. The fraction of sp³-hybridized carbons (Fsp3) is 0.417. The van der Waals surface area contributed by atoms with Crippen molar-refractivity contribution in [1.29, 1.82) is 0 Å². The van der Waals surface area contributed by atoms with Crippen LogP contribution in [0.5, 0.6) is 0 Å². The fourth-order valence-electron chi connectivity index (χ4n) is 2.29. The monoisotopic (exact) mass is 189 g/mol. The van der Waals surface area contributed by atoms with Gasteiger partial charge in [0.2, 0.25) is 0 Å². The van der Waals surface area contributed by atoms with Crippen molar-refractivity contribution >= 4 is 12.0 Å². The summed E-state index contributed by atoms with van der Waals surface area (Å²) >= 11 is 0. The maximum absolute atomic E-state index is 11.0. The second-order valence-corrected chi connectivity index (χ2v) is 3.94. The molecule has 0 unspecified atom stereocenters. The summed E-state index contributed by atoms with van der Waals surface area (Å²) in [6.45, 7) is 7.14. The van der Waals surface area contributed by atoms with Crippen molar-refractivity contribution in [3.8, 4) is 0 Å². The average Bonchev–Trinajstić information content (AvgIpc) is 2.64. The van der Waals surface area contributed by atoms with Gasteiger partial charge in [-0.25, -0.2) is 0 Å². The topological polar surface area (TPSA) is 29.1 Å². The molecule has 1 aliphatic rings. The lowest BCUT2D eigenvalue weighted by atomic mass is 9.92. The molecule has 1 aromatic carbocycles. The molecule has 1 heterocycles. The number of carbonyl (C=O) groups excluding carboxylic acids is 1. The molecule has 74 valence electrons. The molecule has 0 atom stereocenters. The number of benzene rings is 1. The summed E-state index contributed by atoms with van der Waals surface area (Å²) in [5.74, 6) is 0. The molecule has 0 spiro atoms. The molecule has 0 saturated carbocycles. The minimum atomic E-state index is 0.880. The van der Waals surface area contributed by atoms with Gasteiger partial charge in [0, 0.05) is 17.8 Å². The van der Waals surface area contributed by atoms with Gasteiger partial charge in [-0.2, -0.15) is 0 Å². The zero-order chi connectivity index (χ0) is 10.3.